The van der Waals surface area contributed by atoms with Crippen LogP contribution in [0.15, 0.2) is 48.5 Å². The van der Waals surface area contributed by atoms with E-state index in [2.05, 4.69) is 16.4 Å². The number of esters is 1. The van der Waals surface area contributed by atoms with Gasteiger partial charge in [0.2, 0.25) is 5.91 Å². The molecule has 1 amide bonds. The fraction of sp³-hybridized carbons (Fsp3) is 0.286. The molecule has 1 N–H and O–H groups in total. The summed E-state index contributed by atoms with van der Waals surface area (Å²) in [5, 5.41) is 3.84. The van der Waals surface area contributed by atoms with Gasteiger partial charge in [0.1, 0.15) is 5.01 Å². The summed E-state index contributed by atoms with van der Waals surface area (Å²) in [6.07, 6.45) is 0. The number of para-hydroxylation sites is 1. The highest BCUT2D eigenvalue weighted by atomic mass is 32.1. The summed E-state index contributed by atoms with van der Waals surface area (Å²) >= 11 is 1.64. The van der Waals surface area contributed by atoms with E-state index in [0.717, 1.165) is 15.2 Å². The summed E-state index contributed by atoms with van der Waals surface area (Å²) in [6, 6.07) is 14.7. The predicted octanol–water partition coefficient (Wildman–Crippen LogP) is 4.10. The van der Waals surface area contributed by atoms with Crippen molar-refractivity contribution in [1.29, 1.82) is 0 Å². The Kier molecular flexibility index (Phi) is 6.38. The molecule has 0 spiro atoms. The number of ether oxygens (including phenoxy) is 1. The molecule has 1 heterocycles. The number of anilines is 1. The SMILES string of the molecule is CCOC(=O)c1ccc(NC(=O)CN(C)[C@H](C)c2nc3ccccc3s2)cc1. The van der Waals surface area contributed by atoms with Gasteiger partial charge < -0.3 is 10.1 Å². The number of carbonyl (C=O) groups is 2. The molecule has 28 heavy (non-hydrogen) atoms. The number of aromatic nitrogens is 1. The van der Waals surface area contributed by atoms with Crippen LogP contribution in [-0.4, -0.2) is 42.0 Å². The highest BCUT2D eigenvalue weighted by Crippen LogP contribution is 2.28. The average Bonchev–Trinajstić information content (AvgIpc) is 3.12. The largest absolute Gasteiger partial charge is 0.462 e. The molecule has 0 aliphatic heterocycles. The molecule has 1 aromatic heterocycles. The number of fused-ring (bicyclic) bond motifs is 1. The molecule has 0 fully saturated rings. The second-order valence-corrected chi connectivity index (χ2v) is 7.52. The summed E-state index contributed by atoms with van der Waals surface area (Å²) in [5.41, 5.74) is 2.08. The van der Waals surface area contributed by atoms with Crippen LogP contribution < -0.4 is 5.32 Å². The summed E-state index contributed by atoms with van der Waals surface area (Å²) in [7, 11) is 1.90. The van der Waals surface area contributed by atoms with Crippen LogP contribution >= 0.6 is 11.3 Å². The van der Waals surface area contributed by atoms with E-state index in [0.29, 0.717) is 17.9 Å². The highest BCUT2D eigenvalue weighted by molar-refractivity contribution is 7.18. The monoisotopic (exact) mass is 397 g/mol. The van der Waals surface area contributed by atoms with E-state index in [-0.39, 0.29) is 24.5 Å². The molecule has 3 rings (SSSR count). The minimum absolute atomic E-state index is 0.0225. The van der Waals surface area contributed by atoms with Crippen molar-refractivity contribution in [3.8, 4) is 0 Å². The number of likely N-dealkylation sites (N-methyl/N-ethyl adjacent to an activating group) is 1. The van der Waals surface area contributed by atoms with Gasteiger partial charge in [0.15, 0.2) is 0 Å². The summed E-state index contributed by atoms with van der Waals surface area (Å²) in [6.45, 7) is 4.37. The fourth-order valence-electron chi connectivity index (χ4n) is 2.73. The molecule has 0 saturated carbocycles. The smallest absolute Gasteiger partial charge is 0.338 e. The number of thiazole rings is 1. The molecule has 3 aromatic rings. The Bertz CT molecular complexity index is 935. The topological polar surface area (TPSA) is 71.5 Å². The Labute approximate surface area is 168 Å². The van der Waals surface area contributed by atoms with E-state index in [9.17, 15) is 9.59 Å². The van der Waals surface area contributed by atoms with E-state index < -0.39 is 0 Å². The number of rotatable bonds is 7. The summed E-state index contributed by atoms with van der Waals surface area (Å²) < 4.78 is 6.10. The number of amides is 1. The van der Waals surface area contributed by atoms with E-state index in [4.69, 9.17) is 4.74 Å². The molecule has 6 nitrogen and oxygen atoms in total. The van der Waals surface area contributed by atoms with Crippen LogP contribution in [0.3, 0.4) is 0 Å². The van der Waals surface area contributed by atoms with Gasteiger partial charge in [0.05, 0.1) is 35.0 Å². The zero-order chi connectivity index (χ0) is 20.1. The van der Waals surface area contributed by atoms with Gasteiger partial charge in [-0.25, -0.2) is 9.78 Å². The van der Waals surface area contributed by atoms with Gasteiger partial charge in [-0.1, -0.05) is 12.1 Å². The van der Waals surface area contributed by atoms with E-state index >= 15 is 0 Å². The Morgan fingerprint density at radius 3 is 2.57 bits per heavy atom. The standard InChI is InChI=1S/C21H23N3O3S/c1-4-27-21(26)15-9-11-16(12-10-15)22-19(25)13-24(3)14(2)20-23-17-7-5-6-8-18(17)28-20/h5-12,14H,4,13H2,1-3H3,(H,22,25)/t14-/m1/s1. The number of hydrogen-bond donors (Lipinski definition) is 1. The maximum atomic E-state index is 12.4. The molecular weight excluding hydrogens is 374 g/mol. The van der Waals surface area contributed by atoms with Crippen LogP contribution in [0, 0.1) is 0 Å². The zero-order valence-corrected chi connectivity index (χ0v) is 17.0. The highest BCUT2D eigenvalue weighted by Gasteiger charge is 2.18. The lowest BCUT2D eigenvalue weighted by molar-refractivity contribution is -0.117. The lowest BCUT2D eigenvalue weighted by Gasteiger charge is -2.22. The Hall–Kier alpha value is -2.77. The van der Waals surface area contributed by atoms with Crippen molar-refractivity contribution in [3.63, 3.8) is 0 Å². The van der Waals surface area contributed by atoms with Crippen molar-refractivity contribution in [2.75, 3.05) is 25.5 Å². The van der Waals surface area contributed by atoms with Crippen molar-refractivity contribution < 1.29 is 14.3 Å². The lowest BCUT2D eigenvalue weighted by atomic mass is 10.2. The average molecular weight is 398 g/mol. The lowest BCUT2D eigenvalue weighted by Crippen LogP contribution is -2.32. The van der Waals surface area contributed by atoms with Gasteiger partial charge >= 0.3 is 5.97 Å². The third-order valence-corrected chi connectivity index (χ3v) is 5.61. The Morgan fingerprint density at radius 1 is 1.18 bits per heavy atom. The molecule has 2 aromatic carbocycles. The molecule has 0 bridgehead atoms. The number of carbonyl (C=O) groups excluding carboxylic acids is 2. The van der Waals surface area contributed by atoms with Crippen LogP contribution in [0.1, 0.15) is 35.3 Å². The van der Waals surface area contributed by atoms with Crippen molar-refractivity contribution >= 4 is 39.1 Å². The van der Waals surface area contributed by atoms with Crippen molar-refractivity contribution in [3.05, 3.63) is 59.1 Å². The molecule has 7 heteroatoms. The summed E-state index contributed by atoms with van der Waals surface area (Å²) in [5.74, 6) is -0.496. The normalized spacial score (nSPS) is 12.1. The van der Waals surface area contributed by atoms with Crippen LogP contribution in [-0.2, 0) is 9.53 Å². The molecule has 0 aliphatic rings. The minimum atomic E-state index is -0.371. The van der Waals surface area contributed by atoms with Gasteiger partial charge in [0, 0.05) is 5.69 Å². The number of nitrogens with zero attached hydrogens (tertiary/aromatic N) is 2. The summed E-state index contributed by atoms with van der Waals surface area (Å²) in [4.78, 5) is 30.7. The van der Waals surface area contributed by atoms with Gasteiger partial charge in [-0.3, -0.25) is 9.69 Å². The Balaban J connectivity index is 1.58. The number of benzene rings is 2. The number of hydrogen-bond acceptors (Lipinski definition) is 6. The van der Waals surface area contributed by atoms with Crippen LogP contribution in [0.5, 0.6) is 0 Å². The molecular formula is C21H23N3O3S. The predicted molar refractivity (Wildman–Crippen MR) is 112 cm³/mol. The Morgan fingerprint density at radius 2 is 1.89 bits per heavy atom. The molecule has 0 radical (unpaired) electrons. The van der Waals surface area contributed by atoms with Gasteiger partial charge in [0.25, 0.3) is 0 Å². The fourth-order valence-corrected chi connectivity index (χ4v) is 3.81. The third-order valence-electron chi connectivity index (χ3n) is 4.40. The van der Waals surface area contributed by atoms with Crippen molar-refractivity contribution in [1.82, 2.24) is 9.88 Å². The van der Waals surface area contributed by atoms with E-state index in [1.54, 1.807) is 42.5 Å². The first-order valence-corrected chi connectivity index (χ1v) is 9.92. The maximum absolute atomic E-state index is 12.4. The van der Waals surface area contributed by atoms with E-state index in [1.165, 1.54) is 0 Å². The molecule has 0 saturated heterocycles. The second-order valence-electron chi connectivity index (χ2n) is 6.46. The van der Waals surface area contributed by atoms with Crippen LogP contribution in [0.25, 0.3) is 10.2 Å². The minimum Gasteiger partial charge on any atom is -0.462 e. The first-order chi connectivity index (χ1) is 13.5. The van der Waals surface area contributed by atoms with Gasteiger partial charge in [-0.2, -0.15) is 0 Å². The van der Waals surface area contributed by atoms with Crippen molar-refractivity contribution in [2.45, 2.75) is 19.9 Å². The van der Waals surface area contributed by atoms with Gasteiger partial charge in [-0.05, 0) is 57.3 Å². The first kappa shape index (κ1) is 20.0. The maximum Gasteiger partial charge on any atom is 0.338 e. The zero-order valence-electron chi connectivity index (χ0n) is 16.1. The molecule has 0 unspecified atom stereocenters. The quantitative estimate of drug-likeness (QED) is 0.608. The molecule has 1 atom stereocenters. The van der Waals surface area contributed by atoms with Crippen LogP contribution in [0.2, 0.25) is 0 Å². The van der Waals surface area contributed by atoms with E-state index in [1.807, 2.05) is 37.1 Å². The molecule has 146 valence electrons. The second kappa shape index (κ2) is 8.95. The van der Waals surface area contributed by atoms with Crippen molar-refractivity contribution in [2.24, 2.45) is 0 Å². The number of nitrogens with one attached hydrogen (secondary N) is 1. The third kappa shape index (κ3) is 4.74. The van der Waals surface area contributed by atoms with Gasteiger partial charge in [-0.15, -0.1) is 11.3 Å². The first-order valence-electron chi connectivity index (χ1n) is 9.10. The van der Waals surface area contributed by atoms with Crippen LogP contribution in [0.4, 0.5) is 5.69 Å². The molecule has 0 aliphatic carbocycles.